The van der Waals surface area contributed by atoms with Crippen molar-refractivity contribution in [2.24, 2.45) is 0 Å². The lowest BCUT2D eigenvalue weighted by Gasteiger charge is -2.03. The third kappa shape index (κ3) is 3.12. The summed E-state index contributed by atoms with van der Waals surface area (Å²) in [6, 6.07) is 0. The number of carbonyl (C=O) groups is 2. The Morgan fingerprint density at radius 3 is 2.64 bits per heavy atom. The van der Waals surface area contributed by atoms with Gasteiger partial charge in [-0.05, 0) is 18.9 Å². The summed E-state index contributed by atoms with van der Waals surface area (Å²) in [5, 5.41) is 3.76. The number of nitrogens with one attached hydrogen (secondary N) is 1. The summed E-state index contributed by atoms with van der Waals surface area (Å²) in [6.07, 6.45) is 0.556. The Kier molecular flexibility index (Phi) is 5.15. The molecule has 2 aromatic heterocycles. The molecule has 0 aliphatic carbocycles. The molecule has 0 spiro atoms. The fourth-order valence-electron chi connectivity index (χ4n) is 2.00. The number of carbonyl (C=O) groups excluding carboxylic acids is 2. The first-order valence-electron chi connectivity index (χ1n) is 6.43. The van der Waals surface area contributed by atoms with E-state index in [1.807, 2.05) is 6.92 Å². The Labute approximate surface area is 135 Å². The number of hydrogen-bond acceptors (Lipinski definition) is 7. The normalized spacial score (nSPS) is 10.5. The van der Waals surface area contributed by atoms with Gasteiger partial charge in [0.2, 0.25) is 0 Å². The number of H-pyrrole nitrogens is 1. The molecule has 118 valence electrons. The first-order valence-corrected chi connectivity index (χ1v) is 7.58. The van der Waals surface area contributed by atoms with Crippen molar-refractivity contribution in [3.8, 4) is 0 Å². The van der Waals surface area contributed by atoms with Crippen LogP contribution in [-0.2, 0) is 22.5 Å². The van der Waals surface area contributed by atoms with Gasteiger partial charge in [-0.25, -0.2) is 9.59 Å². The highest BCUT2D eigenvalue weighted by molar-refractivity contribution is 7.10. The lowest BCUT2D eigenvalue weighted by Crippen LogP contribution is -2.09. The molecule has 0 amide bonds. The van der Waals surface area contributed by atoms with Crippen molar-refractivity contribution < 1.29 is 19.1 Å². The minimum Gasteiger partial charge on any atom is -0.465 e. The van der Waals surface area contributed by atoms with Gasteiger partial charge in [-0.15, -0.1) is 5.10 Å². The lowest BCUT2D eigenvalue weighted by atomic mass is 10.1. The van der Waals surface area contributed by atoms with Crippen LogP contribution >= 0.6 is 23.1 Å². The van der Waals surface area contributed by atoms with Crippen molar-refractivity contribution >= 4 is 35.1 Å². The highest BCUT2D eigenvalue weighted by atomic mass is 35.5. The molecule has 9 heteroatoms. The van der Waals surface area contributed by atoms with Crippen LogP contribution in [0, 0.1) is 6.92 Å². The maximum Gasteiger partial charge on any atom is 0.355 e. The summed E-state index contributed by atoms with van der Waals surface area (Å²) >= 11 is 6.86. The van der Waals surface area contributed by atoms with Gasteiger partial charge in [-0.3, -0.25) is 0 Å². The van der Waals surface area contributed by atoms with Gasteiger partial charge in [0.1, 0.15) is 22.3 Å². The summed E-state index contributed by atoms with van der Waals surface area (Å²) in [7, 11) is 1.30. The van der Waals surface area contributed by atoms with Crippen LogP contribution in [0.3, 0.4) is 0 Å². The molecular weight excluding hydrogens is 330 g/mol. The molecule has 0 saturated carbocycles. The van der Waals surface area contributed by atoms with Crippen molar-refractivity contribution in [2.75, 3.05) is 7.11 Å². The third-order valence-corrected chi connectivity index (χ3v) is 4.11. The average Bonchev–Trinajstić information content (AvgIpc) is 3.07. The number of aromatic amines is 1. The van der Waals surface area contributed by atoms with Crippen molar-refractivity contribution in [3.63, 3.8) is 0 Å². The molecule has 1 N–H and O–H groups in total. The largest absolute Gasteiger partial charge is 0.465 e. The second kappa shape index (κ2) is 6.89. The number of nitrogens with zero attached hydrogens (tertiary/aromatic N) is 2. The number of aromatic nitrogens is 3. The van der Waals surface area contributed by atoms with E-state index in [2.05, 4.69) is 14.6 Å². The summed E-state index contributed by atoms with van der Waals surface area (Å²) < 4.78 is 13.9. The molecule has 0 aliphatic rings. The Morgan fingerprint density at radius 2 is 2.09 bits per heavy atom. The maximum absolute atomic E-state index is 12.2. The molecule has 7 nitrogen and oxygen atoms in total. The highest BCUT2D eigenvalue weighted by Crippen LogP contribution is 2.22. The Balaban J connectivity index is 2.21. The van der Waals surface area contributed by atoms with E-state index >= 15 is 0 Å². The number of ether oxygens (including phenoxy) is 2. The van der Waals surface area contributed by atoms with E-state index in [0.717, 1.165) is 11.5 Å². The van der Waals surface area contributed by atoms with Gasteiger partial charge in [-0.1, -0.05) is 23.0 Å². The molecule has 0 bridgehead atoms. The van der Waals surface area contributed by atoms with Gasteiger partial charge in [0.15, 0.2) is 0 Å². The molecule has 0 saturated heterocycles. The zero-order valence-corrected chi connectivity index (χ0v) is 13.8. The van der Waals surface area contributed by atoms with Crippen molar-refractivity contribution in [3.05, 3.63) is 32.5 Å². The fourth-order valence-corrected chi connectivity index (χ4v) is 2.60. The zero-order valence-electron chi connectivity index (χ0n) is 12.2. The number of rotatable bonds is 5. The van der Waals surface area contributed by atoms with Gasteiger partial charge in [-0.2, -0.15) is 0 Å². The van der Waals surface area contributed by atoms with E-state index in [1.165, 1.54) is 7.11 Å². The van der Waals surface area contributed by atoms with Crippen LogP contribution in [0.2, 0.25) is 4.34 Å². The van der Waals surface area contributed by atoms with Crippen molar-refractivity contribution in [2.45, 2.75) is 26.9 Å². The van der Waals surface area contributed by atoms with Crippen LogP contribution in [0.15, 0.2) is 0 Å². The Hall–Kier alpha value is -1.93. The lowest BCUT2D eigenvalue weighted by molar-refractivity contribution is 0.0460. The monoisotopic (exact) mass is 343 g/mol. The Bertz CT molecular complexity index is 710. The molecule has 2 aromatic rings. The minimum atomic E-state index is -0.591. The van der Waals surface area contributed by atoms with E-state index in [4.69, 9.17) is 21.1 Å². The number of methoxy groups -OCH3 is 1. The molecule has 0 atom stereocenters. The van der Waals surface area contributed by atoms with Crippen LogP contribution in [-0.4, -0.2) is 33.6 Å². The van der Waals surface area contributed by atoms with Gasteiger partial charge >= 0.3 is 11.9 Å². The summed E-state index contributed by atoms with van der Waals surface area (Å²) in [5.41, 5.74) is 2.11. The van der Waals surface area contributed by atoms with Gasteiger partial charge in [0.25, 0.3) is 0 Å². The van der Waals surface area contributed by atoms with Crippen molar-refractivity contribution in [1.29, 1.82) is 0 Å². The quantitative estimate of drug-likeness (QED) is 0.838. The highest BCUT2D eigenvalue weighted by Gasteiger charge is 2.24. The number of halogens is 1. The molecule has 0 aromatic carbocycles. The van der Waals surface area contributed by atoms with Crippen LogP contribution in [0.25, 0.3) is 0 Å². The fraction of sp³-hybridized carbons (Fsp3) is 0.385. The van der Waals surface area contributed by atoms with Gasteiger partial charge in [0.05, 0.1) is 12.7 Å². The van der Waals surface area contributed by atoms with E-state index in [9.17, 15) is 9.59 Å². The van der Waals surface area contributed by atoms with Gasteiger partial charge in [0, 0.05) is 17.2 Å². The number of aryl methyl sites for hydroxylation is 1. The number of esters is 2. The maximum atomic E-state index is 12.2. The predicted octanol–water partition coefficient (Wildman–Crippen LogP) is 2.53. The zero-order chi connectivity index (χ0) is 16.3. The topological polar surface area (TPSA) is 94.2 Å². The first kappa shape index (κ1) is 16.4. The molecular formula is C13H14ClN3O4S. The van der Waals surface area contributed by atoms with Crippen LogP contribution < -0.4 is 0 Å². The standard InChI is InChI=1S/C13H14ClN3O4S/c1-4-7-9(12(18)20-3)6(2)10(15-7)13(19)21-5-8-11(14)22-17-16-8/h15H,4-5H2,1-3H3. The third-order valence-electron chi connectivity index (χ3n) is 3.12. The second-order valence-corrected chi connectivity index (χ2v) is 5.75. The van der Waals surface area contributed by atoms with Crippen LogP contribution in [0.5, 0.6) is 0 Å². The molecule has 0 radical (unpaired) electrons. The van der Waals surface area contributed by atoms with E-state index in [-0.39, 0.29) is 12.3 Å². The molecule has 2 heterocycles. The van der Waals surface area contributed by atoms with E-state index < -0.39 is 11.9 Å². The van der Waals surface area contributed by atoms with Crippen LogP contribution in [0.1, 0.15) is 44.7 Å². The summed E-state index contributed by atoms with van der Waals surface area (Å²) in [6.45, 7) is 3.45. The minimum absolute atomic E-state index is 0.0817. The molecule has 0 fully saturated rings. The molecule has 22 heavy (non-hydrogen) atoms. The molecule has 0 unspecified atom stereocenters. The smallest absolute Gasteiger partial charge is 0.355 e. The second-order valence-electron chi connectivity index (χ2n) is 4.39. The van der Waals surface area contributed by atoms with Crippen molar-refractivity contribution in [1.82, 2.24) is 14.6 Å². The summed E-state index contributed by atoms with van der Waals surface area (Å²) in [4.78, 5) is 26.9. The predicted molar refractivity (Wildman–Crippen MR) is 80.3 cm³/mol. The molecule has 0 aliphatic heterocycles. The Morgan fingerprint density at radius 1 is 1.36 bits per heavy atom. The van der Waals surface area contributed by atoms with E-state index in [1.54, 1.807) is 6.92 Å². The average molecular weight is 344 g/mol. The number of hydrogen-bond donors (Lipinski definition) is 1. The SMILES string of the molecule is CCc1[nH]c(C(=O)OCc2nnsc2Cl)c(C)c1C(=O)OC. The summed E-state index contributed by atoms with van der Waals surface area (Å²) in [5.74, 6) is -1.08. The molecule has 2 rings (SSSR count). The first-order chi connectivity index (χ1) is 10.5. The van der Waals surface area contributed by atoms with Crippen LogP contribution in [0.4, 0.5) is 0 Å². The van der Waals surface area contributed by atoms with Gasteiger partial charge < -0.3 is 14.5 Å². The van der Waals surface area contributed by atoms with E-state index in [0.29, 0.717) is 33.3 Å².